The van der Waals surface area contributed by atoms with Gasteiger partial charge in [-0.15, -0.1) is 0 Å². The number of ether oxygens (including phenoxy) is 1. The average Bonchev–Trinajstić information content (AvgIpc) is 3.21. The first-order valence-corrected chi connectivity index (χ1v) is 11.6. The molecule has 0 fully saturated rings. The molecular formula is C28H22N4O4. The van der Waals surface area contributed by atoms with Crippen molar-refractivity contribution in [3.8, 4) is 5.75 Å². The van der Waals surface area contributed by atoms with Crippen LogP contribution in [0.5, 0.6) is 5.75 Å². The predicted molar refractivity (Wildman–Crippen MR) is 135 cm³/mol. The fourth-order valence-electron chi connectivity index (χ4n) is 4.94. The van der Waals surface area contributed by atoms with Gasteiger partial charge in [-0.1, -0.05) is 30.3 Å². The van der Waals surface area contributed by atoms with Gasteiger partial charge in [-0.3, -0.25) is 24.3 Å². The molecular weight excluding hydrogens is 456 g/mol. The summed E-state index contributed by atoms with van der Waals surface area (Å²) in [6.07, 6.45) is 1.08. The van der Waals surface area contributed by atoms with Gasteiger partial charge in [-0.2, -0.15) is 0 Å². The number of nitrogens with zero attached hydrogens (tertiary/aromatic N) is 3. The van der Waals surface area contributed by atoms with E-state index in [0.717, 1.165) is 16.5 Å². The van der Waals surface area contributed by atoms with Crippen molar-refractivity contribution in [2.24, 2.45) is 0 Å². The third-order valence-electron chi connectivity index (χ3n) is 6.64. The van der Waals surface area contributed by atoms with Crippen LogP contribution in [0.15, 0.2) is 79.0 Å². The van der Waals surface area contributed by atoms with Gasteiger partial charge >= 0.3 is 0 Å². The van der Waals surface area contributed by atoms with E-state index in [1.54, 1.807) is 47.4 Å². The predicted octanol–water partition coefficient (Wildman–Crippen LogP) is 4.39. The molecule has 8 nitrogen and oxygen atoms in total. The summed E-state index contributed by atoms with van der Waals surface area (Å²) in [5.41, 5.74) is 3.70. The van der Waals surface area contributed by atoms with Gasteiger partial charge in [-0.05, 0) is 36.4 Å². The lowest BCUT2D eigenvalue weighted by atomic mass is 10.0. The van der Waals surface area contributed by atoms with Crippen LogP contribution in [0.25, 0.3) is 10.9 Å². The minimum Gasteiger partial charge on any atom is -0.497 e. The number of aromatic nitrogens is 1. The Morgan fingerprint density at radius 2 is 1.75 bits per heavy atom. The summed E-state index contributed by atoms with van der Waals surface area (Å²) in [6, 6.07) is 21.8. The Morgan fingerprint density at radius 1 is 0.972 bits per heavy atom. The summed E-state index contributed by atoms with van der Waals surface area (Å²) >= 11 is 0. The lowest BCUT2D eigenvalue weighted by Gasteiger charge is -2.40. The van der Waals surface area contributed by atoms with Crippen molar-refractivity contribution in [1.29, 1.82) is 0 Å². The highest BCUT2D eigenvalue weighted by Crippen LogP contribution is 2.45. The molecule has 0 saturated heterocycles. The Bertz CT molecular complexity index is 1550. The number of anilines is 2. The second kappa shape index (κ2) is 8.49. The van der Waals surface area contributed by atoms with Crippen LogP contribution < -0.4 is 15.0 Å². The van der Waals surface area contributed by atoms with E-state index >= 15 is 0 Å². The highest BCUT2D eigenvalue weighted by molar-refractivity contribution is 6.16. The summed E-state index contributed by atoms with van der Waals surface area (Å²) in [5.74, 6) is 0.107. The quantitative estimate of drug-likeness (QED) is 0.460. The second-order valence-corrected chi connectivity index (χ2v) is 8.73. The summed E-state index contributed by atoms with van der Waals surface area (Å²) in [6.45, 7) is 0.153. The van der Waals surface area contributed by atoms with E-state index in [1.165, 1.54) is 0 Å². The largest absolute Gasteiger partial charge is 0.497 e. The van der Waals surface area contributed by atoms with E-state index in [9.17, 15) is 14.4 Å². The number of rotatable bonds is 5. The molecule has 3 aromatic carbocycles. The maximum Gasteiger partial charge on any atom is 0.260 e. The fraction of sp³-hybridized carbons (Fsp3) is 0.143. The van der Waals surface area contributed by atoms with E-state index in [4.69, 9.17) is 4.74 Å². The standard InChI is InChI=1S/C28H22N4O4/c1-36-19-11-10-17-14-18(16-29-23(17)15-19)30-25(33)12-13-31-26-20-6-2-3-7-21(20)28(35)32(26)24-9-5-4-8-22(24)27(31)34/h2-11,14-16,26H,12-13H2,1H3,(H,30,33). The monoisotopic (exact) mass is 478 g/mol. The smallest absolute Gasteiger partial charge is 0.260 e. The van der Waals surface area contributed by atoms with Gasteiger partial charge in [0.05, 0.1) is 35.8 Å². The molecule has 3 amide bonds. The van der Waals surface area contributed by atoms with Gasteiger partial charge in [-0.25, -0.2) is 0 Å². The second-order valence-electron chi connectivity index (χ2n) is 8.73. The zero-order valence-corrected chi connectivity index (χ0v) is 19.5. The molecule has 2 aliphatic heterocycles. The molecule has 0 bridgehead atoms. The minimum atomic E-state index is -0.582. The van der Waals surface area contributed by atoms with Gasteiger partial charge in [0.25, 0.3) is 11.8 Å². The molecule has 1 aromatic heterocycles. The van der Waals surface area contributed by atoms with E-state index in [2.05, 4.69) is 10.3 Å². The normalized spacial score (nSPS) is 16.0. The number of hydrogen-bond acceptors (Lipinski definition) is 5. The summed E-state index contributed by atoms with van der Waals surface area (Å²) < 4.78 is 5.23. The molecule has 4 aromatic rings. The average molecular weight is 479 g/mol. The van der Waals surface area contributed by atoms with E-state index in [0.29, 0.717) is 28.3 Å². The highest BCUT2D eigenvalue weighted by atomic mass is 16.5. The van der Waals surface area contributed by atoms with Crippen LogP contribution >= 0.6 is 0 Å². The van der Waals surface area contributed by atoms with Crippen LogP contribution in [0.1, 0.15) is 38.9 Å². The first-order chi connectivity index (χ1) is 17.5. The van der Waals surface area contributed by atoms with Crippen molar-refractivity contribution >= 4 is 40.0 Å². The molecule has 1 N–H and O–H groups in total. The number of para-hydroxylation sites is 1. The van der Waals surface area contributed by atoms with Gasteiger partial charge in [0, 0.05) is 35.5 Å². The third kappa shape index (κ3) is 3.46. The first kappa shape index (κ1) is 21.8. The molecule has 178 valence electrons. The molecule has 0 spiro atoms. The molecule has 2 aliphatic rings. The maximum absolute atomic E-state index is 13.5. The number of carbonyl (C=O) groups excluding carboxylic acids is 3. The first-order valence-electron chi connectivity index (χ1n) is 11.6. The SMILES string of the molecule is COc1ccc2cc(NC(=O)CCN3C(=O)c4ccccc4N4C(=O)c5ccccc5C34)cnc2c1. The Labute approximate surface area is 207 Å². The Hall–Kier alpha value is -4.72. The maximum atomic E-state index is 13.5. The van der Waals surface area contributed by atoms with Crippen molar-refractivity contribution in [1.82, 2.24) is 9.88 Å². The van der Waals surface area contributed by atoms with Crippen LogP contribution in [0.2, 0.25) is 0 Å². The van der Waals surface area contributed by atoms with Crippen molar-refractivity contribution in [3.05, 3.63) is 95.7 Å². The number of fused-ring (bicyclic) bond motifs is 6. The lowest BCUT2D eigenvalue weighted by Crippen LogP contribution is -2.49. The highest BCUT2D eigenvalue weighted by Gasteiger charge is 2.47. The number of benzene rings is 3. The number of hydrogen-bond donors (Lipinski definition) is 1. The molecule has 36 heavy (non-hydrogen) atoms. The van der Waals surface area contributed by atoms with Crippen LogP contribution in [0, 0.1) is 0 Å². The number of amides is 3. The van der Waals surface area contributed by atoms with Crippen molar-refractivity contribution < 1.29 is 19.1 Å². The molecule has 6 rings (SSSR count). The minimum absolute atomic E-state index is 0.0647. The summed E-state index contributed by atoms with van der Waals surface area (Å²) in [5, 5.41) is 3.74. The number of carbonyl (C=O) groups is 3. The molecule has 8 heteroatoms. The molecule has 0 aliphatic carbocycles. The number of methoxy groups -OCH3 is 1. The Kier molecular flexibility index (Phi) is 5.14. The van der Waals surface area contributed by atoms with E-state index < -0.39 is 6.17 Å². The van der Waals surface area contributed by atoms with Crippen LogP contribution in [0.3, 0.4) is 0 Å². The molecule has 0 radical (unpaired) electrons. The molecule has 1 atom stereocenters. The fourth-order valence-corrected chi connectivity index (χ4v) is 4.94. The van der Waals surface area contributed by atoms with Crippen molar-refractivity contribution in [3.63, 3.8) is 0 Å². The van der Waals surface area contributed by atoms with Crippen molar-refractivity contribution in [2.45, 2.75) is 12.6 Å². The molecule has 0 saturated carbocycles. The van der Waals surface area contributed by atoms with Crippen LogP contribution in [-0.4, -0.2) is 41.3 Å². The van der Waals surface area contributed by atoms with Gasteiger partial charge in [0.1, 0.15) is 11.9 Å². The summed E-state index contributed by atoms with van der Waals surface area (Å²) in [4.78, 5) is 47.3. The third-order valence-corrected chi connectivity index (χ3v) is 6.64. The van der Waals surface area contributed by atoms with Crippen LogP contribution in [0.4, 0.5) is 11.4 Å². The van der Waals surface area contributed by atoms with Crippen molar-refractivity contribution in [2.75, 3.05) is 23.9 Å². The Morgan fingerprint density at radius 3 is 2.58 bits per heavy atom. The van der Waals surface area contributed by atoms with Gasteiger partial charge in [0.2, 0.25) is 5.91 Å². The van der Waals surface area contributed by atoms with Gasteiger partial charge < -0.3 is 15.0 Å². The number of pyridine rings is 1. The van der Waals surface area contributed by atoms with Crippen LogP contribution in [-0.2, 0) is 4.79 Å². The zero-order chi connectivity index (χ0) is 24.8. The zero-order valence-electron chi connectivity index (χ0n) is 19.5. The Balaban J connectivity index is 1.24. The molecule has 3 heterocycles. The topological polar surface area (TPSA) is 91.8 Å². The number of nitrogens with one attached hydrogen (secondary N) is 1. The lowest BCUT2D eigenvalue weighted by molar-refractivity contribution is -0.116. The molecule has 1 unspecified atom stereocenters. The van der Waals surface area contributed by atoms with E-state index in [1.807, 2.05) is 48.5 Å². The van der Waals surface area contributed by atoms with E-state index in [-0.39, 0.29) is 30.7 Å². The summed E-state index contributed by atoms with van der Waals surface area (Å²) in [7, 11) is 1.60. The van der Waals surface area contributed by atoms with Gasteiger partial charge in [0.15, 0.2) is 0 Å².